The second-order valence-corrected chi connectivity index (χ2v) is 6.41. The Bertz CT molecular complexity index is 202. The summed E-state index contributed by atoms with van der Waals surface area (Å²) in [5.74, 6) is 2.87. The topological polar surface area (TPSA) is 12.0 Å². The lowest BCUT2D eigenvalue weighted by Gasteiger charge is -2.25. The second-order valence-electron chi connectivity index (χ2n) is 6.41. The molecular formula is C17H35N. The lowest BCUT2D eigenvalue weighted by molar-refractivity contribution is 0.275. The molecule has 108 valence electrons. The zero-order chi connectivity index (χ0) is 13.4. The highest BCUT2D eigenvalue weighted by Gasteiger charge is 2.33. The molecule has 0 bridgehead atoms. The van der Waals surface area contributed by atoms with Gasteiger partial charge < -0.3 is 5.32 Å². The molecule has 1 fully saturated rings. The zero-order valence-corrected chi connectivity index (χ0v) is 13.2. The summed E-state index contributed by atoms with van der Waals surface area (Å²) >= 11 is 0. The first kappa shape index (κ1) is 16.0. The summed E-state index contributed by atoms with van der Waals surface area (Å²) in [5, 5.41) is 3.75. The van der Waals surface area contributed by atoms with E-state index in [0.29, 0.717) is 0 Å². The maximum atomic E-state index is 3.75. The molecule has 0 aromatic carbocycles. The van der Waals surface area contributed by atoms with Crippen molar-refractivity contribution in [2.45, 2.75) is 85.1 Å². The van der Waals surface area contributed by atoms with Gasteiger partial charge in [0.15, 0.2) is 0 Å². The van der Waals surface area contributed by atoms with Crippen LogP contribution in [0.5, 0.6) is 0 Å². The van der Waals surface area contributed by atoms with Gasteiger partial charge >= 0.3 is 0 Å². The molecule has 1 rings (SSSR count). The van der Waals surface area contributed by atoms with Crippen molar-refractivity contribution >= 4 is 0 Å². The molecule has 0 aromatic rings. The number of nitrogens with one attached hydrogen (secondary N) is 1. The van der Waals surface area contributed by atoms with Gasteiger partial charge in [0.05, 0.1) is 0 Å². The van der Waals surface area contributed by atoms with Crippen LogP contribution in [-0.2, 0) is 0 Å². The van der Waals surface area contributed by atoms with Crippen LogP contribution in [0, 0.1) is 17.8 Å². The van der Waals surface area contributed by atoms with Crippen LogP contribution in [0.15, 0.2) is 0 Å². The van der Waals surface area contributed by atoms with Crippen LogP contribution >= 0.6 is 0 Å². The van der Waals surface area contributed by atoms with Gasteiger partial charge in [0.1, 0.15) is 0 Å². The smallest absolute Gasteiger partial charge is 0.00954 e. The van der Waals surface area contributed by atoms with Gasteiger partial charge in [-0.2, -0.15) is 0 Å². The molecule has 0 saturated heterocycles. The normalized spacial score (nSPS) is 29.7. The van der Waals surface area contributed by atoms with Crippen LogP contribution in [-0.4, -0.2) is 12.6 Å². The van der Waals surface area contributed by atoms with E-state index in [2.05, 4.69) is 33.0 Å². The Morgan fingerprint density at radius 1 is 1.11 bits per heavy atom. The molecule has 0 spiro atoms. The summed E-state index contributed by atoms with van der Waals surface area (Å²) in [7, 11) is 0. The van der Waals surface area contributed by atoms with Gasteiger partial charge in [0, 0.05) is 6.04 Å². The monoisotopic (exact) mass is 253 g/mol. The van der Waals surface area contributed by atoms with Crippen LogP contribution < -0.4 is 5.32 Å². The Morgan fingerprint density at radius 2 is 1.89 bits per heavy atom. The number of rotatable bonds is 9. The van der Waals surface area contributed by atoms with Crippen LogP contribution in [0.25, 0.3) is 0 Å². The molecule has 1 N–H and O–H groups in total. The first-order chi connectivity index (χ1) is 8.72. The predicted molar refractivity (Wildman–Crippen MR) is 81.9 cm³/mol. The fourth-order valence-electron chi connectivity index (χ4n) is 3.61. The molecule has 18 heavy (non-hydrogen) atoms. The van der Waals surface area contributed by atoms with E-state index < -0.39 is 0 Å². The Balaban J connectivity index is 2.33. The average Bonchev–Trinajstić information content (AvgIpc) is 2.73. The van der Waals surface area contributed by atoms with Gasteiger partial charge in [-0.15, -0.1) is 0 Å². The molecule has 1 heteroatoms. The molecule has 1 aliphatic carbocycles. The predicted octanol–water partition coefficient (Wildman–Crippen LogP) is 5.01. The minimum absolute atomic E-state index is 0.804. The summed E-state index contributed by atoms with van der Waals surface area (Å²) in [6.45, 7) is 10.6. The van der Waals surface area contributed by atoms with E-state index in [1.54, 1.807) is 0 Å². The van der Waals surface area contributed by atoms with Crippen LogP contribution in [0.3, 0.4) is 0 Å². The van der Waals surface area contributed by atoms with Gasteiger partial charge in [0.25, 0.3) is 0 Å². The van der Waals surface area contributed by atoms with E-state index in [1.165, 1.54) is 57.9 Å². The van der Waals surface area contributed by atoms with Gasteiger partial charge in [-0.25, -0.2) is 0 Å². The summed E-state index contributed by atoms with van der Waals surface area (Å²) < 4.78 is 0. The molecule has 0 heterocycles. The molecule has 0 aromatic heterocycles. The quantitative estimate of drug-likeness (QED) is 0.609. The Hall–Kier alpha value is -0.0400. The van der Waals surface area contributed by atoms with Gasteiger partial charge in [-0.3, -0.25) is 0 Å². The van der Waals surface area contributed by atoms with E-state index in [1.807, 2.05) is 0 Å². The second kappa shape index (κ2) is 8.96. The summed E-state index contributed by atoms with van der Waals surface area (Å²) in [4.78, 5) is 0. The Kier molecular flexibility index (Phi) is 7.97. The number of hydrogen-bond donors (Lipinski definition) is 1. The number of unbranched alkanes of at least 4 members (excludes halogenated alkanes) is 1. The van der Waals surface area contributed by atoms with Gasteiger partial charge in [-0.1, -0.05) is 53.4 Å². The Morgan fingerprint density at radius 3 is 2.50 bits per heavy atom. The van der Waals surface area contributed by atoms with Crippen molar-refractivity contribution in [3.63, 3.8) is 0 Å². The highest BCUT2D eigenvalue weighted by Crippen LogP contribution is 2.37. The maximum absolute atomic E-state index is 3.75. The average molecular weight is 253 g/mol. The fourth-order valence-corrected chi connectivity index (χ4v) is 3.61. The van der Waals surface area contributed by atoms with Crippen molar-refractivity contribution < 1.29 is 0 Å². The van der Waals surface area contributed by atoms with Gasteiger partial charge in [-0.05, 0) is 50.0 Å². The van der Waals surface area contributed by atoms with Crippen molar-refractivity contribution in [1.82, 2.24) is 5.32 Å². The SMILES string of the molecule is CCCCC(CC)CC1CCC(NCCC)C1C. The standard InChI is InChI=1S/C17H35N/c1-5-8-9-15(7-3)13-16-10-11-17(14(16)4)18-12-6-2/h14-18H,5-13H2,1-4H3. The highest BCUT2D eigenvalue weighted by atomic mass is 14.9. The summed E-state index contributed by atoms with van der Waals surface area (Å²) in [5.41, 5.74) is 0. The molecule has 1 aliphatic rings. The van der Waals surface area contributed by atoms with E-state index in [4.69, 9.17) is 0 Å². The third-order valence-electron chi connectivity index (χ3n) is 5.06. The van der Waals surface area contributed by atoms with E-state index in [9.17, 15) is 0 Å². The molecule has 0 radical (unpaired) electrons. The van der Waals surface area contributed by atoms with Crippen LogP contribution in [0.2, 0.25) is 0 Å². The van der Waals surface area contributed by atoms with Crippen molar-refractivity contribution in [3.8, 4) is 0 Å². The third kappa shape index (κ3) is 4.91. The fraction of sp³-hybridized carbons (Fsp3) is 1.00. The van der Waals surface area contributed by atoms with Crippen LogP contribution in [0.1, 0.15) is 79.1 Å². The summed E-state index contributed by atoms with van der Waals surface area (Å²) in [6.07, 6.45) is 11.3. The zero-order valence-electron chi connectivity index (χ0n) is 13.2. The third-order valence-corrected chi connectivity index (χ3v) is 5.06. The molecule has 0 aliphatic heterocycles. The lowest BCUT2D eigenvalue weighted by atomic mass is 9.83. The molecule has 4 atom stereocenters. The first-order valence-electron chi connectivity index (χ1n) is 8.46. The van der Waals surface area contributed by atoms with Crippen molar-refractivity contribution in [2.75, 3.05) is 6.54 Å². The molecule has 1 nitrogen and oxygen atoms in total. The minimum Gasteiger partial charge on any atom is -0.314 e. The van der Waals surface area contributed by atoms with Crippen LogP contribution in [0.4, 0.5) is 0 Å². The van der Waals surface area contributed by atoms with E-state index in [0.717, 1.165) is 23.8 Å². The van der Waals surface area contributed by atoms with Crippen molar-refractivity contribution in [2.24, 2.45) is 17.8 Å². The van der Waals surface area contributed by atoms with Crippen molar-refractivity contribution in [3.05, 3.63) is 0 Å². The molecule has 0 amide bonds. The molecular weight excluding hydrogens is 218 g/mol. The molecule has 1 saturated carbocycles. The number of hydrogen-bond acceptors (Lipinski definition) is 1. The minimum atomic E-state index is 0.804. The largest absolute Gasteiger partial charge is 0.314 e. The Labute approximate surface area is 115 Å². The van der Waals surface area contributed by atoms with Gasteiger partial charge in [0.2, 0.25) is 0 Å². The maximum Gasteiger partial charge on any atom is 0.00954 e. The van der Waals surface area contributed by atoms with E-state index >= 15 is 0 Å². The van der Waals surface area contributed by atoms with Crippen molar-refractivity contribution in [1.29, 1.82) is 0 Å². The first-order valence-corrected chi connectivity index (χ1v) is 8.46. The summed E-state index contributed by atoms with van der Waals surface area (Å²) in [6, 6.07) is 0.804. The highest BCUT2D eigenvalue weighted by molar-refractivity contribution is 4.87. The lowest BCUT2D eigenvalue weighted by Crippen LogP contribution is -2.33. The van der Waals surface area contributed by atoms with E-state index in [-0.39, 0.29) is 0 Å². The molecule has 4 unspecified atom stereocenters.